The molecule has 0 saturated carbocycles. The molecule has 0 atom stereocenters. The Labute approximate surface area is 233 Å². The first-order valence-electron chi connectivity index (χ1n) is 12.8. The first-order chi connectivity index (χ1) is 18.4. The van der Waals surface area contributed by atoms with Gasteiger partial charge in [-0.3, -0.25) is 9.59 Å². The molecule has 0 bridgehead atoms. The van der Waals surface area contributed by atoms with Crippen LogP contribution in [0.3, 0.4) is 0 Å². The fourth-order valence-electron chi connectivity index (χ4n) is 5.49. The van der Waals surface area contributed by atoms with Crippen LogP contribution in [-0.4, -0.2) is 23.3 Å². The second-order valence-electron chi connectivity index (χ2n) is 10.7. The van der Waals surface area contributed by atoms with E-state index in [9.17, 15) is 19.1 Å². The molecular formula is C33H33FO4S. The van der Waals surface area contributed by atoms with Crippen molar-refractivity contribution in [1.29, 1.82) is 0 Å². The van der Waals surface area contributed by atoms with E-state index in [0.29, 0.717) is 16.9 Å². The smallest absolute Gasteiger partial charge is 0.315 e. The maximum atomic E-state index is 14.4. The molecule has 3 aromatic rings. The van der Waals surface area contributed by atoms with Crippen molar-refractivity contribution in [2.24, 2.45) is 0 Å². The highest BCUT2D eigenvalue weighted by Gasteiger charge is 2.31. The SMILES string of the molecule is CSc1ccc(C=C2C(C)=C(CC(=O)Oc3cc(C)cc(C)c3C(C)(C)CC(=O)O)c3cc(F)ccc32)cc1. The van der Waals surface area contributed by atoms with Crippen LogP contribution in [-0.2, 0) is 15.0 Å². The number of carbonyl (C=O) groups is 2. The standard InChI is InChI=1S/C33H33FO4S/c1-19-13-20(2)32(33(4,5)18-30(35)36)29(14-19)38-31(37)17-27-21(3)26(25-12-9-23(34)16-28(25)27)15-22-7-10-24(39-6)11-8-22/h7-16H,17-18H2,1-6H3,(H,35,36). The van der Waals surface area contributed by atoms with Gasteiger partial charge in [-0.2, -0.15) is 0 Å². The van der Waals surface area contributed by atoms with Crippen LogP contribution in [0.5, 0.6) is 5.75 Å². The van der Waals surface area contributed by atoms with Crippen molar-refractivity contribution >= 4 is 40.9 Å². The Morgan fingerprint density at radius 2 is 1.69 bits per heavy atom. The first-order valence-corrected chi connectivity index (χ1v) is 14.0. The van der Waals surface area contributed by atoms with Gasteiger partial charge in [-0.05, 0) is 108 Å². The van der Waals surface area contributed by atoms with Crippen LogP contribution in [0, 0.1) is 19.7 Å². The molecule has 1 aliphatic rings. The highest BCUT2D eigenvalue weighted by molar-refractivity contribution is 7.98. The number of aryl methyl sites for hydroxylation is 2. The maximum absolute atomic E-state index is 14.4. The monoisotopic (exact) mass is 544 g/mol. The molecule has 0 fully saturated rings. The van der Waals surface area contributed by atoms with Crippen LogP contribution in [0.4, 0.5) is 4.39 Å². The van der Waals surface area contributed by atoms with E-state index in [-0.39, 0.29) is 18.7 Å². The number of benzene rings is 3. The van der Waals surface area contributed by atoms with E-state index in [2.05, 4.69) is 18.2 Å². The van der Waals surface area contributed by atoms with Crippen LogP contribution in [0.25, 0.3) is 17.2 Å². The van der Waals surface area contributed by atoms with Crippen molar-refractivity contribution < 1.29 is 23.8 Å². The molecule has 0 radical (unpaired) electrons. The molecule has 1 N–H and O–H groups in total. The minimum atomic E-state index is -0.926. The van der Waals surface area contributed by atoms with E-state index in [1.165, 1.54) is 17.0 Å². The summed E-state index contributed by atoms with van der Waals surface area (Å²) < 4.78 is 20.3. The van der Waals surface area contributed by atoms with Gasteiger partial charge in [0.2, 0.25) is 0 Å². The predicted molar refractivity (Wildman–Crippen MR) is 157 cm³/mol. The second-order valence-corrected chi connectivity index (χ2v) is 11.6. The Hall–Kier alpha value is -3.64. The number of carboxylic acids is 1. The van der Waals surface area contributed by atoms with Crippen LogP contribution < -0.4 is 4.74 Å². The van der Waals surface area contributed by atoms with Gasteiger partial charge in [-0.25, -0.2) is 4.39 Å². The molecule has 1 aliphatic carbocycles. The third-order valence-corrected chi connectivity index (χ3v) is 7.88. The highest BCUT2D eigenvalue weighted by Crippen LogP contribution is 2.44. The molecule has 6 heteroatoms. The zero-order chi connectivity index (χ0) is 28.5. The van der Waals surface area contributed by atoms with Crippen molar-refractivity contribution in [1.82, 2.24) is 0 Å². The molecule has 0 spiro atoms. The number of carboxylic acid groups (broad SMARTS) is 1. The van der Waals surface area contributed by atoms with Crippen molar-refractivity contribution in [3.05, 3.63) is 99.4 Å². The molecule has 0 unspecified atom stereocenters. The number of rotatable bonds is 8. The molecule has 0 amide bonds. The zero-order valence-corrected chi connectivity index (χ0v) is 24.0. The summed E-state index contributed by atoms with van der Waals surface area (Å²) in [5, 5.41) is 9.47. The normalized spacial score (nSPS) is 14.1. The number of ether oxygens (including phenoxy) is 1. The van der Waals surface area contributed by atoms with Gasteiger partial charge in [-0.15, -0.1) is 11.8 Å². The molecular weight excluding hydrogens is 511 g/mol. The van der Waals surface area contributed by atoms with Crippen LogP contribution in [0.1, 0.15) is 67.0 Å². The average Bonchev–Trinajstić information content (AvgIpc) is 3.08. The van der Waals surface area contributed by atoms with Gasteiger partial charge in [0.15, 0.2) is 0 Å². The summed E-state index contributed by atoms with van der Waals surface area (Å²) in [6.45, 7) is 9.42. The zero-order valence-electron chi connectivity index (χ0n) is 23.1. The van der Waals surface area contributed by atoms with Crippen LogP contribution in [0.2, 0.25) is 0 Å². The van der Waals surface area contributed by atoms with Crippen molar-refractivity contribution in [2.75, 3.05) is 6.26 Å². The fourth-order valence-corrected chi connectivity index (χ4v) is 5.90. The molecule has 4 rings (SSSR count). The summed E-state index contributed by atoms with van der Waals surface area (Å²) >= 11 is 1.67. The van der Waals surface area contributed by atoms with E-state index in [4.69, 9.17) is 4.74 Å². The lowest BCUT2D eigenvalue weighted by Gasteiger charge is -2.28. The number of fused-ring (bicyclic) bond motifs is 1. The summed E-state index contributed by atoms with van der Waals surface area (Å²) in [6.07, 6.45) is 3.94. The second kappa shape index (κ2) is 11.2. The van der Waals surface area contributed by atoms with Gasteiger partial charge in [0.05, 0.1) is 12.8 Å². The molecule has 3 aromatic carbocycles. The van der Waals surface area contributed by atoms with Gasteiger partial charge in [0.1, 0.15) is 11.6 Å². The van der Waals surface area contributed by atoms with E-state index in [1.54, 1.807) is 23.9 Å². The molecule has 202 valence electrons. The Balaban J connectivity index is 1.70. The lowest BCUT2D eigenvalue weighted by atomic mass is 9.78. The van der Waals surface area contributed by atoms with Gasteiger partial charge < -0.3 is 9.84 Å². The third kappa shape index (κ3) is 6.17. The van der Waals surface area contributed by atoms with Crippen LogP contribution in [0.15, 0.2) is 65.1 Å². The number of hydrogen-bond acceptors (Lipinski definition) is 4. The molecule has 0 heterocycles. The lowest BCUT2D eigenvalue weighted by Crippen LogP contribution is -2.25. The quantitative estimate of drug-likeness (QED) is 0.176. The molecule has 0 aromatic heterocycles. The molecule has 39 heavy (non-hydrogen) atoms. The predicted octanol–water partition coefficient (Wildman–Crippen LogP) is 8.24. The lowest BCUT2D eigenvalue weighted by molar-refractivity contribution is -0.138. The van der Waals surface area contributed by atoms with E-state index >= 15 is 0 Å². The van der Waals surface area contributed by atoms with Crippen molar-refractivity contribution in [2.45, 2.75) is 57.8 Å². The number of aliphatic carboxylic acids is 1. The van der Waals surface area contributed by atoms with Crippen LogP contribution >= 0.6 is 11.8 Å². The Morgan fingerprint density at radius 3 is 2.33 bits per heavy atom. The van der Waals surface area contributed by atoms with E-state index in [0.717, 1.165) is 39.0 Å². The number of carbonyl (C=O) groups excluding carboxylic acids is 1. The van der Waals surface area contributed by atoms with Gasteiger partial charge in [0, 0.05) is 15.9 Å². The number of halogens is 1. The fraction of sp³-hybridized carbons (Fsp3) is 0.273. The topological polar surface area (TPSA) is 63.6 Å². The minimum absolute atomic E-state index is 0.0448. The summed E-state index contributed by atoms with van der Waals surface area (Å²) in [4.78, 5) is 26.1. The number of hydrogen-bond donors (Lipinski definition) is 1. The third-order valence-electron chi connectivity index (χ3n) is 7.14. The first kappa shape index (κ1) is 28.4. The summed E-state index contributed by atoms with van der Waals surface area (Å²) in [5.41, 5.74) is 6.85. The van der Waals surface area contributed by atoms with E-state index < -0.39 is 17.4 Å². The van der Waals surface area contributed by atoms with Crippen molar-refractivity contribution in [3.63, 3.8) is 0 Å². The van der Waals surface area contributed by atoms with Gasteiger partial charge in [0.25, 0.3) is 0 Å². The Morgan fingerprint density at radius 1 is 1.00 bits per heavy atom. The maximum Gasteiger partial charge on any atom is 0.315 e. The van der Waals surface area contributed by atoms with Gasteiger partial charge in [-0.1, -0.05) is 38.1 Å². The average molecular weight is 545 g/mol. The number of thioether (sulfide) groups is 1. The molecule has 0 aliphatic heterocycles. The van der Waals surface area contributed by atoms with Gasteiger partial charge >= 0.3 is 11.9 Å². The summed E-state index contributed by atoms with van der Waals surface area (Å²) in [7, 11) is 0. The molecule has 4 nitrogen and oxygen atoms in total. The largest absolute Gasteiger partial charge is 0.481 e. The Kier molecular flexibility index (Phi) is 8.17. The summed E-state index contributed by atoms with van der Waals surface area (Å²) in [5.74, 6) is -1.42. The van der Waals surface area contributed by atoms with Crippen molar-refractivity contribution in [3.8, 4) is 5.75 Å². The Bertz CT molecular complexity index is 1510. The number of esters is 1. The number of allylic oxidation sites excluding steroid dienone is 2. The highest BCUT2D eigenvalue weighted by atomic mass is 32.2. The van der Waals surface area contributed by atoms with E-state index in [1.807, 2.05) is 59.1 Å². The molecule has 0 saturated heterocycles. The minimum Gasteiger partial charge on any atom is -0.481 e. The summed E-state index contributed by atoms with van der Waals surface area (Å²) in [6, 6.07) is 16.6.